The highest BCUT2D eigenvalue weighted by Crippen LogP contribution is 2.29. The summed E-state index contributed by atoms with van der Waals surface area (Å²) in [5.74, 6) is 0.112. The van der Waals surface area contributed by atoms with E-state index >= 15 is 0 Å². The minimum Gasteiger partial charge on any atom is -0.424 e. The number of hydrogen-bond donors (Lipinski definition) is 2. The van der Waals surface area contributed by atoms with E-state index in [-0.39, 0.29) is 11.8 Å². The number of carbonyl (C=O) groups is 1. The van der Waals surface area contributed by atoms with Crippen LogP contribution in [0.5, 0.6) is 0 Å². The molecule has 128 valence electrons. The molecular weight excluding hydrogens is 316 g/mol. The van der Waals surface area contributed by atoms with Crippen molar-refractivity contribution in [1.82, 2.24) is 4.98 Å². The number of anilines is 2. The van der Waals surface area contributed by atoms with Gasteiger partial charge in [0.05, 0.1) is 12.0 Å². The first-order valence-electron chi connectivity index (χ1n) is 8.13. The molecule has 0 aliphatic heterocycles. The molecule has 0 spiro atoms. The summed E-state index contributed by atoms with van der Waals surface area (Å²) in [5, 5.41) is 3.09. The van der Waals surface area contributed by atoms with E-state index in [2.05, 4.69) is 15.3 Å². The molecule has 3 aromatic rings. The summed E-state index contributed by atoms with van der Waals surface area (Å²) in [5.41, 5.74) is 10.3. The Morgan fingerprint density at radius 2 is 2.04 bits per heavy atom. The van der Waals surface area contributed by atoms with E-state index in [0.29, 0.717) is 23.1 Å². The molecule has 6 heteroatoms. The third kappa shape index (κ3) is 3.52. The smallest absolute Gasteiger partial charge is 0.292 e. The van der Waals surface area contributed by atoms with Gasteiger partial charge in [0.2, 0.25) is 0 Å². The molecule has 3 rings (SSSR count). The molecule has 0 aliphatic carbocycles. The van der Waals surface area contributed by atoms with E-state index < -0.39 is 0 Å². The normalized spacial score (nSPS) is 11.3. The monoisotopic (exact) mass is 336 g/mol. The van der Waals surface area contributed by atoms with Crippen LogP contribution in [-0.2, 0) is 0 Å². The molecule has 0 fully saturated rings. The lowest BCUT2D eigenvalue weighted by Crippen LogP contribution is -2.05. The maximum atomic E-state index is 12.3. The van der Waals surface area contributed by atoms with Crippen LogP contribution in [-0.4, -0.2) is 24.2 Å². The van der Waals surface area contributed by atoms with Gasteiger partial charge in [-0.3, -0.25) is 9.79 Å². The summed E-state index contributed by atoms with van der Waals surface area (Å²) in [6, 6.07) is 11.6. The van der Waals surface area contributed by atoms with Crippen molar-refractivity contribution in [2.45, 2.75) is 19.8 Å². The van der Waals surface area contributed by atoms with Crippen molar-refractivity contribution in [3.8, 4) is 11.1 Å². The van der Waals surface area contributed by atoms with Gasteiger partial charge in [0.1, 0.15) is 5.52 Å². The summed E-state index contributed by atoms with van der Waals surface area (Å²) in [6.07, 6.45) is 2.90. The van der Waals surface area contributed by atoms with Crippen LogP contribution in [0.4, 0.5) is 11.7 Å². The largest absolute Gasteiger partial charge is 0.424 e. The van der Waals surface area contributed by atoms with E-state index in [0.717, 1.165) is 23.2 Å². The molecule has 1 heterocycles. The Kier molecular flexibility index (Phi) is 4.79. The Labute approximate surface area is 145 Å². The number of benzene rings is 2. The fraction of sp³-hybridized carbons (Fsp3) is 0.211. The van der Waals surface area contributed by atoms with E-state index in [1.54, 1.807) is 13.4 Å². The molecule has 3 N–H and O–H groups in total. The molecule has 0 saturated carbocycles. The lowest BCUT2D eigenvalue weighted by Gasteiger charge is -2.11. The summed E-state index contributed by atoms with van der Waals surface area (Å²) < 4.78 is 5.31. The number of ketones is 1. The second kappa shape index (κ2) is 7.17. The second-order valence-electron chi connectivity index (χ2n) is 5.70. The van der Waals surface area contributed by atoms with Crippen LogP contribution in [0, 0.1) is 0 Å². The van der Waals surface area contributed by atoms with Crippen molar-refractivity contribution >= 4 is 34.9 Å². The number of nitrogen functional groups attached to an aromatic ring is 1. The lowest BCUT2D eigenvalue weighted by molar-refractivity contribution is 0.0982. The van der Waals surface area contributed by atoms with Crippen LogP contribution in [0.3, 0.4) is 0 Å². The Bertz CT molecular complexity index is 944. The molecule has 25 heavy (non-hydrogen) atoms. The predicted molar refractivity (Wildman–Crippen MR) is 101 cm³/mol. The summed E-state index contributed by atoms with van der Waals surface area (Å²) in [7, 11) is 1.67. The highest BCUT2D eigenvalue weighted by Gasteiger charge is 2.12. The zero-order valence-corrected chi connectivity index (χ0v) is 14.2. The van der Waals surface area contributed by atoms with E-state index in [1.165, 1.54) is 0 Å². The first kappa shape index (κ1) is 16.7. The van der Waals surface area contributed by atoms with Gasteiger partial charge in [0.25, 0.3) is 6.01 Å². The number of nitrogens with two attached hydrogens (primary N) is 1. The predicted octanol–water partition coefficient (Wildman–Crippen LogP) is 4.13. The molecular formula is C19H20N4O2. The molecule has 0 aliphatic rings. The molecule has 2 aromatic carbocycles. The molecule has 0 radical (unpaired) electrons. The van der Waals surface area contributed by atoms with Crippen LogP contribution < -0.4 is 11.1 Å². The standard InChI is InChI=1S/C19H20N4O2/c1-3-4-17(24)14-7-5-12(9-15(14)22-11-21-2)13-6-8-18-16(10-13)23-19(20)25-18/h5-11H,3-4H2,1-2H3,(H2,20,23)(H,21,22). The zero-order chi connectivity index (χ0) is 17.8. The number of aromatic nitrogens is 1. The van der Waals surface area contributed by atoms with Crippen molar-refractivity contribution < 1.29 is 9.21 Å². The quantitative estimate of drug-likeness (QED) is 0.401. The SMILES string of the molecule is CCCC(=O)c1ccc(-c2ccc3oc(N)nc3c2)cc1NC=NC. The van der Waals surface area contributed by atoms with Crippen LogP contribution in [0.1, 0.15) is 30.1 Å². The Morgan fingerprint density at radius 3 is 2.80 bits per heavy atom. The first-order chi connectivity index (χ1) is 12.1. The number of rotatable bonds is 6. The van der Waals surface area contributed by atoms with Crippen molar-refractivity contribution in [2.24, 2.45) is 4.99 Å². The van der Waals surface area contributed by atoms with Gasteiger partial charge in [-0.05, 0) is 41.8 Å². The van der Waals surface area contributed by atoms with Gasteiger partial charge in [-0.1, -0.05) is 19.1 Å². The lowest BCUT2D eigenvalue weighted by atomic mass is 9.98. The van der Waals surface area contributed by atoms with Crippen LogP contribution in [0.25, 0.3) is 22.2 Å². The number of oxazole rings is 1. The number of aliphatic imine (C=N–C) groups is 1. The fourth-order valence-electron chi connectivity index (χ4n) is 2.71. The highest BCUT2D eigenvalue weighted by atomic mass is 16.4. The number of nitrogens with zero attached hydrogens (tertiary/aromatic N) is 2. The van der Waals surface area contributed by atoms with E-state index in [4.69, 9.17) is 10.2 Å². The van der Waals surface area contributed by atoms with Gasteiger partial charge in [0.15, 0.2) is 11.4 Å². The molecule has 0 unspecified atom stereocenters. The number of nitrogens with one attached hydrogen (secondary N) is 1. The fourth-order valence-corrected chi connectivity index (χ4v) is 2.71. The van der Waals surface area contributed by atoms with Crippen molar-refractivity contribution in [1.29, 1.82) is 0 Å². The van der Waals surface area contributed by atoms with Gasteiger partial charge in [-0.25, -0.2) is 0 Å². The van der Waals surface area contributed by atoms with E-state index in [9.17, 15) is 4.79 Å². The van der Waals surface area contributed by atoms with Crippen LogP contribution in [0.2, 0.25) is 0 Å². The number of hydrogen-bond acceptors (Lipinski definition) is 5. The molecule has 0 atom stereocenters. The summed E-state index contributed by atoms with van der Waals surface area (Å²) >= 11 is 0. The number of Topliss-reactive ketones (excluding diaryl/α,β-unsaturated/α-hetero) is 1. The van der Waals surface area contributed by atoms with Gasteiger partial charge >= 0.3 is 0 Å². The minimum atomic E-state index is 0.112. The highest BCUT2D eigenvalue weighted by molar-refractivity contribution is 6.03. The molecule has 6 nitrogen and oxygen atoms in total. The average Bonchev–Trinajstić information content (AvgIpc) is 2.99. The molecule has 0 bridgehead atoms. The summed E-state index contributed by atoms with van der Waals surface area (Å²) in [4.78, 5) is 20.4. The first-order valence-corrected chi connectivity index (χ1v) is 8.13. The van der Waals surface area contributed by atoms with Crippen LogP contribution >= 0.6 is 0 Å². The zero-order valence-electron chi connectivity index (χ0n) is 14.2. The molecule has 0 amide bonds. The number of carbonyl (C=O) groups excluding carboxylic acids is 1. The molecule has 0 saturated heterocycles. The van der Waals surface area contributed by atoms with Gasteiger partial charge in [0, 0.05) is 19.0 Å². The maximum absolute atomic E-state index is 12.3. The third-order valence-electron chi connectivity index (χ3n) is 3.88. The van der Waals surface area contributed by atoms with Crippen molar-refractivity contribution in [3.63, 3.8) is 0 Å². The second-order valence-corrected chi connectivity index (χ2v) is 5.70. The summed E-state index contributed by atoms with van der Waals surface area (Å²) in [6.45, 7) is 1.99. The van der Waals surface area contributed by atoms with E-state index in [1.807, 2.05) is 43.3 Å². The minimum absolute atomic E-state index is 0.112. The Morgan fingerprint density at radius 1 is 1.28 bits per heavy atom. The number of fused-ring (bicyclic) bond motifs is 1. The maximum Gasteiger partial charge on any atom is 0.292 e. The molecule has 1 aromatic heterocycles. The third-order valence-corrected chi connectivity index (χ3v) is 3.88. The Hall–Kier alpha value is -3.15. The topological polar surface area (TPSA) is 93.5 Å². The van der Waals surface area contributed by atoms with Gasteiger partial charge in [-0.15, -0.1) is 0 Å². The van der Waals surface area contributed by atoms with Gasteiger partial charge < -0.3 is 15.5 Å². The van der Waals surface area contributed by atoms with Gasteiger partial charge in [-0.2, -0.15) is 4.98 Å². The average molecular weight is 336 g/mol. The van der Waals surface area contributed by atoms with Crippen LogP contribution in [0.15, 0.2) is 45.8 Å². The van der Waals surface area contributed by atoms with Crippen molar-refractivity contribution in [3.05, 3.63) is 42.0 Å². The Balaban J connectivity index is 2.04. The van der Waals surface area contributed by atoms with Crippen molar-refractivity contribution in [2.75, 3.05) is 18.1 Å².